The largest absolute Gasteiger partial charge is 0.458 e. The fourth-order valence-electron chi connectivity index (χ4n) is 3.60. The van der Waals surface area contributed by atoms with Crippen molar-refractivity contribution in [3.8, 4) is 11.1 Å². The number of para-hydroxylation sites is 1. The summed E-state index contributed by atoms with van der Waals surface area (Å²) in [6, 6.07) is 25.2. The van der Waals surface area contributed by atoms with Crippen molar-refractivity contribution in [2.45, 2.75) is 54.4 Å². The van der Waals surface area contributed by atoms with Gasteiger partial charge in [-0.1, -0.05) is 107 Å². The van der Waals surface area contributed by atoms with E-state index in [1.807, 2.05) is 59.8 Å². The monoisotopic (exact) mass is 453 g/mol. The molecule has 0 unspecified atom stereocenters. The summed E-state index contributed by atoms with van der Waals surface area (Å²) in [5, 5.41) is 4.70. The molecule has 1 aliphatic carbocycles. The van der Waals surface area contributed by atoms with Gasteiger partial charge in [0.25, 0.3) is 0 Å². The van der Waals surface area contributed by atoms with Crippen LogP contribution in [0.15, 0.2) is 95.4 Å². The predicted octanol–water partition coefficient (Wildman–Crippen LogP) is 10.4. The zero-order chi connectivity index (χ0) is 24.8. The molecule has 0 bridgehead atoms. The van der Waals surface area contributed by atoms with Gasteiger partial charge in [0.05, 0.1) is 5.69 Å². The van der Waals surface area contributed by atoms with Crippen LogP contribution in [-0.2, 0) is 6.42 Å². The second-order valence-electron chi connectivity index (χ2n) is 7.30. The third-order valence-corrected chi connectivity index (χ3v) is 5.26. The van der Waals surface area contributed by atoms with Crippen molar-refractivity contribution >= 4 is 28.4 Å². The number of hydrogen-bond acceptors (Lipinski definition) is 2. The molecule has 3 aromatic carbocycles. The Kier molecular flexibility index (Phi) is 11.5. The number of allylic oxidation sites excluding steroid dienone is 3. The molecule has 0 atom stereocenters. The lowest BCUT2D eigenvalue weighted by Gasteiger charge is -2.08. The van der Waals surface area contributed by atoms with Crippen LogP contribution in [0.2, 0.25) is 0 Å². The van der Waals surface area contributed by atoms with Crippen LogP contribution in [0.25, 0.3) is 28.2 Å². The highest BCUT2D eigenvalue weighted by Crippen LogP contribution is 2.36. The van der Waals surface area contributed by atoms with Gasteiger partial charge in [-0.05, 0) is 49.6 Å². The summed E-state index contributed by atoms with van der Waals surface area (Å²) in [6.07, 6.45) is 10.4. The van der Waals surface area contributed by atoms with Crippen molar-refractivity contribution in [3.63, 3.8) is 0 Å². The fourth-order valence-corrected chi connectivity index (χ4v) is 3.60. The van der Waals surface area contributed by atoms with Crippen molar-refractivity contribution in [2.75, 3.05) is 5.32 Å². The number of aryl methyl sites for hydroxylation is 1. The molecule has 1 aliphatic rings. The third-order valence-electron chi connectivity index (χ3n) is 5.26. The maximum absolute atomic E-state index is 6.17. The van der Waals surface area contributed by atoms with Crippen LogP contribution in [-0.4, -0.2) is 0 Å². The Balaban J connectivity index is 0.000000456. The molecule has 1 aromatic heterocycles. The minimum atomic E-state index is 0.941. The Bertz CT molecular complexity index is 1160. The van der Waals surface area contributed by atoms with Crippen LogP contribution >= 0.6 is 0 Å². The Morgan fingerprint density at radius 2 is 1.38 bits per heavy atom. The lowest BCUT2D eigenvalue weighted by molar-refractivity contribution is 0.547. The quantitative estimate of drug-likeness (QED) is 0.312. The highest BCUT2D eigenvalue weighted by molar-refractivity contribution is 5.97. The molecule has 1 heterocycles. The molecule has 1 N–H and O–H groups in total. The van der Waals surface area contributed by atoms with Gasteiger partial charge in [0.15, 0.2) is 5.58 Å². The van der Waals surface area contributed by atoms with Gasteiger partial charge in [-0.25, -0.2) is 0 Å². The maximum Gasteiger partial charge on any atom is 0.158 e. The van der Waals surface area contributed by atoms with Gasteiger partial charge in [0.1, 0.15) is 5.76 Å². The first-order valence-electron chi connectivity index (χ1n) is 12.5. The smallest absolute Gasteiger partial charge is 0.158 e. The van der Waals surface area contributed by atoms with Crippen molar-refractivity contribution in [2.24, 2.45) is 0 Å². The van der Waals surface area contributed by atoms with Crippen LogP contribution in [0.1, 0.15) is 59.3 Å². The second-order valence-corrected chi connectivity index (χ2v) is 7.30. The van der Waals surface area contributed by atoms with Gasteiger partial charge in [0.2, 0.25) is 0 Å². The van der Waals surface area contributed by atoms with Gasteiger partial charge < -0.3 is 9.73 Å². The summed E-state index contributed by atoms with van der Waals surface area (Å²) in [5.41, 5.74) is 6.69. The first-order valence-corrected chi connectivity index (χ1v) is 12.5. The van der Waals surface area contributed by atoms with E-state index in [1.165, 1.54) is 22.1 Å². The zero-order valence-electron chi connectivity index (χ0n) is 21.6. The molecular formula is C32H39NO. The van der Waals surface area contributed by atoms with Gasteiger partial charge in [-0.3, -0.25) is 0 Å². The van der Waals surface area contributed by atoms with Crippen molar-refractivity contribution < 1.29 is 4.42 Å². The highest BCUT2D eigenvalue weighted by atomic mass is 16.3. The minimum absolute atomic E-state index is 0.941. The summed E-state index contributed by atoms with van der Waals surface area (Å²) >= 11 is 0. The molecule has 2 heteroatoms. The summed E-state index contributed by atoms with van der Waals surface area (Å²) < 4.78 is 6.17. The minimum Gasteiger partial charge on any atom is -0.458 e. The molecule has 178 valence electrons. The van der Waals surface area contributed by atoms with E-state index in [2.05, 4.69) is 84.2 Å². The molecule has 2 nitrogen and oxygen atoms in total. The number of benzene rings is 3. The molecule has 4 aromatic rings. The van der Waals surface area contributed by atoms with E-state index in [-0.39, 0.29) is 0 Å². The summed E-state index contributed by atoms with van der Waals surface area (Å²) in [4.78, 5) is 0. The van der Waals surface area contributed by atoms with E-state index in [4.69, 9.17) is 4.42 Å². The lowest BCUT2D eigenvalue weighted by atomic mass is 10.0. The number of anilines is 2. The van der Waals surface area contributed by atoms with Crippen LogP contribution in [0.4, 0.5) is 11.4 Å². The fraction of sp³-hybridized carbons (Fsp3) is 0.250. The molecule has 5 rings (SSSR count). The summed E-state index contributed by atoms with van der Waals surface area (Å²) in [6.45, 7) is 12.0. The molecule has 0 radical (unpaired) electrons. The highest BCUT2D eigenvalue weighted by Gasteiger charge is 2.16. The van der Waals surface area contributed by atoms with Gasteiger partial charge >= 0.3 is 0 Å². The number of furan rings is 1. The average Bonchev–Trinajstić information content (AvgIpc) is 3.32. The first-order chi connectivity index (χ1) is 16.8. The van der Waals surface area contributed by atoms with Gasteiger partial charge in [-0.15, -0.1) is 0 Å². The van der Waals surface area contributed by atoms with Crippen molar-refractivity contribution in [1.82, 2.24) is 0 Å². The van der Waals surface area contributed by atoms with E-state index in [9.17, 15) is 0 Å². The van der Waals surface area contributed by atoms with E-state index in [1.54, 1.807) is 0 Å². The van der Waals surface area contributed by atoms with E-state index in [0.29, 0.717) is 0 Å². The Morgan fingerprint density at radius 3 is 2.03 bits per heavy atom. The SMILES string of the molecule is C/C=C\C.C1=Cc2c(oc3c(Nc4ccc(-c5ccccc5)cc4)cccc23)CC1.CC.CC. The third kappa shape index (κ3) is 6.74. The van der Waals surface area contributed by atoms with Crippen LogP contribution < -0.4 is 5.32 Å². The Morgan fingerprint density at radius 1 is 0.735 bits per heavy atom. The normalized spacial score (nSPS) is 11.4. The number of nitrogens with one attached hydrogen (secondary N) is 1. The lowest BCUT2D eigenvalue weighted by Crippen LogP contribution is -1.90. The van der Waals surface area contributed by atoms with E-state index >= 15 is 0 Å². The van der Waals surface area contributed by atoms with E-state index < -0.39 is 0 Å². The van der Waals surface area contributed by atoms with Gasteiger partial charge in [0, 0.05) is 23.1 Å². The topological polar surface area (TPSA) is 25.2 Å². The number of hydrogen-bond donors (Lipinski definition) is 1. The van der Waals surface area contributed by atoms with Crippen LogP contribution in [0, 0.1) is 0 Å². The Hall–Kier alpha value is -3.52. The van der Waals surface area contributed by atoms with Crippen molar-refractivity contribution in [1.29, 1.82) is 0 Å². The molecule has 0 fully saturated rings. The van der Waals surface area contributed by atoms with E-state index in [0.717, 1.165) is 35.6 Å². The molecule has 0 amide bonds. The second kappa shape index (κ2) is 14.6. The molecule has 0 spiro atoms. The average molecular weight is 454 g/mol. The standard InChI is InChI=1S/C24H19NO.C4H8.2C2H6/c1-2-7-17(8-3-1)18-13-15-19(16-14-18)25-22-11-6-10-21-20-9-4-5-12-23(20)26-24(21)22;1-3-4-2;2*1-2/h1-4,6-11,13-16,25H,5,12H2;3-4H,1-2H3;2*1-2H3/b;4-3-;;. The van der Waals surface area contributed by atoms with Crippen molar-refractivity contribution in [3.05, 3.63) is 102 Å². The molecular weight excluding hydrogens is 414 g/mol. The summed E-state index contributed by atoms with van der Waals surface area (Å²) in [5.74, 6) is 1.09. The molecule has 0 saturated carbocycles. The van der Waals surface area contributed by atoms with Crippen LogP contribution in [0.3, 0.4) is 0 Å². The molecule has 0 saturated heterocycles. The number of fused-ring (bicyclic) bond motifs is 3. The number of rotatable bonds is 3. The molecule has 0 aliphatic heterocycles. The molecule has 34 heavy (non-hydrogen) atoms. The predicted molar refractivity (Wildman–Crippen MR) is 152 cm³/mol. The zero-order valence-corrected chi connectivity index (χ0v) is 21.6. The Labute approximate surface area is 206 Å². The first kappa shape index (κ1) is 26.7. The van der Waals surface area contributed by atoms with Crippen LogP contribution in [0.5, 0.6) is 0 Å². The summed E-state index contributed by atoms with van der Waals surface area (Å²) in [7, 11) is 0. The van der Waals surface area contributed by atoms with Gasteiger partial charge in [-0.2, -0.15) is 0 Å². The maximum atomic E-state index is 6.17.